The number of hydrogen-bond acceptors (Lipinski definition) is 5. The number of benzene rings is 2. The van der Waals surface area contributed by atoms with Crippen LogP contribution in [0.15, 0.2) is 69.6 Å². The lowest BCUT2D eigenvalue weighted by atomic mass is 9.96. The molecule has 1 saturated heterocycles. The van der Waals surface area contributed by atoms with E-state index >= 15 is 0 Å². The van der Waals surface area contributed by atoms with Gasteiger partial charge in [-0.2, -0.15) is 0 Å². The summed E-state index contributed by atoms with van der Waals surface area (Å²) in [6, 6.07) is 18.5. The highest BCUT2D eigenvalue weighted by atomic mass is 79.9. The van der Waals surface area contributed by atoms with Crippen LogP contribution in [0, 0.1) is 5.92 Å². The van der Waals surface area contributed by atoms with Crippen molar-refractivity contribution < 1.29 is 18.7 Å². The van der Waals surface area contributed by atoms with Gasteiger partial charge < -0.3 is 25.1 Å². The van der Waals surface area contributed by atoms with E-state index in [0.717, 1.165) is 10.2 Å². The van der Waals surface area contributed by atoms with Gasteiger partial charge in [0, 0.05) is 23.5 Å². The first-order valence-corrected chi connectivity index (χ1v) is 11.2. The monoisotopic (exact) mass is 497 g/mol. The Morgan fingerprint density at radius 2 is 1.78 bits per heavy atom. The van der Waals surface area contributed by atoms with Crippen LogP contribution in [0.4, 0.5) is 11.4 Å². The SMILES string of the molecule is NC(=O)C1CCN(c2ccccc2NC(=O)c2ccc(COc3ccc(Br)cc3)o2)CC1. The number of nitrogens with zero attached hydrogens (tertiary/aromatic N) is 1. The number of carbonyl (C=O) groups is 2. The van der Waals surface area contributed by atoms with Crippen molar-refractivity contribution in [3.8, 4) is 5.75 Å². The van der Waals surface area contributed by atoms with E-state index in [1.165, 1.54) is 0 Å². The van der Waals surface area contributed by atoms with E-state index in [2.05, 4.69) is 26.1 Å². The Bertz CT molecular complexity index is 1090. The van der Waals surface area contributed by atoms with Crippen molar-refractivity contribution in [3.63, 3.8) is 0 Å². The van der Waals surface area contributed by atoms with Gasteiger partial charge in [0.1, 0.15) is 18.1 Å². The van der Waals surface area contributed by atoms with E-state index in [-0.39, 0.29) is 30.1 Å². The molecule has 0 spiro atoms. The van der Waals surface area contributed by atoms with Crippen LogP contribution in [0.25, 0.3) is 0 Å². The van der Waals surface area contributed by atoms with Gasteiger partial charge in [-0.05, 0) is 61.4 Å². The fraction of sp³-hybridized carbons (Fsp3) is 0.250. The van der Waals surface area contributed by atoms with Crippen molar-refractivity contribution >= 4 is 39.1 Å². The average molecular weight is 498 g/mol. The van der Waals surface area contributed by atoms with Crippen LogP contribution in [0.1, 0.15) is 29.2 Å². The number of rotatable bonds is 7. The molecule has 32 heavy (non-hydrogen) atoms. The summed E-state index contributed by atoms with van der Waals surface area (Å²) in [5, 5.41) is 2.94. The van der Waals surface area contributed by atoms with Gasteiger partial charge in [0.05, 0.1) is 11.4 Å². The molecule has 0 radical (unpaired) electrons. The molecule has 8 heteroatoms. The van der Waals surface area contributed by atoms with E-state index in [1.54, 1.807) is 12.1 Å². The predicted octanol–water partition coefficient (Wildman–Crippen LogP) is 4.58. The number of nitrogens with two attached hydrogens (primary N) is 1. The number of ether oxygens (including phenoxy) is 1. The molecule has 2 amide bonds. The molecule has 3 aromatic rings. The molecular formula is C24H24BrN3O4. The summed E-state index contributed by atoms with van der Waals surface area (Å²) in [6.45, 7) is 1.64. The van der Waals surface area contributed by atoms with Gasteiger partial charge in [-0.3, -0.25) is 9.59 Å². The second-order valence-electron chi connectivity index (χ2n) is 7.64. The van der Waals surface area contributed by atoms with Crippen molar-refractivity contribution in [1.82, 2.24) is 0 Å². The van der Waals surface area contributed by atoms with E-state index in [1.807, 2.05) is 48.5 Å². The molecule has 3 N–H and O–H groups in total. The van der Waals surface area contributed by atoms with Gasteiger partial charge in [0.2, 0.25) is 5.91 Å². The number of amides is 2. The summed E-state index contributed by atoms with van der Waals surface area (Å²) >= 11 is 3.39. The number of nitrogens with one attached hydrogen (secondary N) is 1. The number of primary amides is 1. The normalized spacial score (nSPS) is 14.2. The first kappa shape index (κ1) is 22.0. The van der Waals surface area contributed by atoms with Crippen LogP contribution in [0.5, 0.6) is 5.75 Å². The highest BCUT2D eigenvalue weighted by Crippen LogP contribution is 2.30. The Morgan fingerprint density at radius 3 is 2.50 bits per heavy atom. The van der Waals surface area contributed by atoms with E-state index < -0.39 is 0 Å². The summed E-state index contributed by atoms with van der Waals surface area (Å²) in [4.78, 5) is 26.4. The van der Waals surface area contributed by atoms with E-state index in [9.17, 15) is 9.59 Å². The van der Waals surface area contributed by atoms with Crippen molar-refractivity contribution in [2.24, 2.45) is 11.7 Å². The topological polar surface area (TPSA) is 97.8 Å². The zero-order chi connectivity index (χ0) is 22.5. The largest absolute Gasteiger partial charge is 0.486 e. The van der Waals surface area contributed by atoms with Crippen molar-refractivity contribution in [2.75, 3.05) is 23.3 Å². The van der Waals surface area contributed by atoms with Gasteiger partial charge in [0.25, 0.3) is 5.91 Å². The number of hydrogen-bond donors (Lipinski definition) is 2. The molecule has 7 nitrogen and oxygen atoms in total. The Kier molecular flexibility index (Phi) is 6.80. The molecule has 1 aliphatic heterocycles. The minimum atomic E-state index is -0.334. The smallest absolute Gasteiger partial charge is 0.291 e. The molecular weight excluding hydrogens is 474 g/mol. The summed E-state index contributed by atoms with van der Waals surface area (Å²) < 4.78 is 12.3. The zero-order valence-corrected chi connectivity index (χ0v) is 19.0. The highest BCUT2D eigenvalue weighted by Gasteiger charge is 2.25. The maximum absolute atomic E-state index is 12.8. The van der Waals surface area contributed by atoms with Crippen LogP contribution in [0.3, 0.4) is 0 Å². The lowest BCUT2D eigenvalue weighted by Gasteiger charge is -2.33. The summed E-state index contributed by atoms with van der Waals surface area (Å²) in [6.07, 6.45) is 1.41. The second-order valence-corrected chi connectivity index (χ2v) is 8.56. The summed E-state index contributed by atoms with van der Waals surface area (Å²) in [5.74, 6) is 0.809. The van der Waals surface area contributed by atoms with Crippen LogP contribution in [-0.2, 0) is 11.4 Å². The highest BCUT2D eigenvalue weighted by molar-refractivity contribution is 9.10. The molecule has 0 aliphatic carbocycles. The second kappa shape index (κ2) is 9.91. The van der Waals surface area contributed by atoms with Crippen LogP contribution >= 0.6 is 15.9 Å². The molecule has 0 bridgehead atoms. The van der Waals surface area contributed by atoms with Crippen molar-refractivity contribution in [1.29, 1.82) is 0 Å². The third-order valence-corrected chi connectivity index (χ3v) is 6.00. The van der Waals surface area contributed by atoms with E-state index in [0.29, 0.717) is 43.1 Å². The fourth-order valence-corrected chi connectivity index (χ4v) is 3.97. The molecule has 2 heterocycles. The fourth-order valence-electron chi connectivity index (χ4n) is 3.71. The minimum Gasteiger partial charge on any atom is -0.486 e. The van der Waals surface area contributed by atoms with Gasteiger partial charge in [-0.1, -0.05) is 28.1 Å². The van der Waals surface area contributed by atoms with Gasteiger partial charge in [-0.25, -0.2) is 0 Å². The zero-order valence-electron chi connectivity index (χ0n) is 17.4. The quantitative estimate of drug-likeness (QED) is 0.497. The molecule has 1 aliphatic rings. The average Bonchev–Trinajstić information content (AvgIpc) is 3.28. The van der Waals surface area contributed by atoms with Gasteiger partial charge in [0.15, 0.2) is 5.76 Å². The summed E-state index contributed by atoms with van der Waals surface area (Å²) in [5.41, 5.74) is 7.04. The number of anilines is 2. The van der Waals surface area contributed by atoms with Crippen LogP contribution < -0.4 is 20.7 Å². The Morgan fingerprint density at radius 1 is 1.06 bits per heavy atom. The molecule has 1 fully saturated rings. The predicted molar refractivity (Wildman–Crippen MR) is 126 cm³/mol. The minimum absolute atomic E-state index is 0.0887. The number of para-hydroxylation sites is 2. The number of piperidine rings is 1. The van der Waals surface area contributed by atoms with E-state index in [4.69, 9.17) is 14.9 Å². The molecule has 1 aromatic heterocycles. The maximum Gasteiger partial charge on any atom is 0.291 e. The summed E-state index contributed by atoms with van der Waals surface area (Å²) in [7, 11) is 0. The standard InChI is InChI=1S/C24H24BrN3O4/c25-17-5-7-18(8-6-17)31-15-19-9-10-22(32-19)24(30)27-20-3-1-2-4-21(20)28-13-11-16(12-14-28)23(26)29/h1-10,16H,11-15H2,(H2,26,29)(H,27,30). The lowest BCUT2D eigenvalue weighted by Crippen LogP contribution is -2.38. The van der Waals surface area contributed by atoms with Gasteiger partial charge in [-0.15, -0.1) is 0 Å². The number of halogens is 1. The third-order valence-electron chi connectivity index (χ3n) is 5.47. The van der Waals surface area contributed by atoms with Crippen molar-refractivity contribution in [2.45, 2.75) is 19.4 Å². The molecule has 0 atom stereocenters. The Balaban J connectivity index is 1.38. The lowest BCUT2D eigenvalue weighted by molar-refractivity contribution is -0.122. The number of carbonyl (C=O) groups excluding carboxylic acids is 2. The number of furan rings is 1. The molecule has 0 saturated carbocycles. The molecule has 0 unspecified atom stereocenters. The first-order chi connectivity index (χ1) is 15.5. The molecule has 2 aromatic carbocycles. The maximum atomic E-state index is 12.8. The molecule has 166 valence electrons. The Labute approximate surface area is 194 Å². The Hall–Kier alpha value is -3.26. The molecule has 4 rings (SSSR count). The van der Waals surface area contributed by atoms with Crippen LogP contribution in [0.2, 0.25) is 0 Å². The third kappa shape index (κ3) is 5.31. The van der Waals surface area contributed by atoms with Gasteiger partial charge >= 0.3 is 0 Å². The first-order valence-electron chi connectivity index (χ1n) is 10.4. The van der Waals surface area contributed by atoms with Crippen molar-refractivity contribution in [3.05, 3.63) is 76.7 Å². The van der Waals surface area contributed by atoms with Crippen LogP contribution in [-0.4, -0.2) is 24.9 Å².